The zero-order valence-electron chi connectivity index (χ0n) is 15.7. The van der Waals surface area contributed by atoms with Crippen LogP contribution in [0.3, 0.4) is 0 Å². The van der Waals surface area contributed by atoms with Crippen molar-refractivity contribution in [2.24, 2.45) is 0 Å². The molecule has 3 rings (SSSR count). The minimum Gasteiger partial charge on any atom is -0.492 e. The molecule has 0 bridgehead atoms. The number of ether oxygens (including phenoxy) is 1. The predicted octanol–water partition coefficient (Wildman–Crippen LogP) is 3.52. The summed E-state index contributed by atoms with van der Waals surface area (Å²) in [5.74, 6) is -2.51. The number of furan rings is 1. The Hall–Kier alpha value is -3.94. The van der Waals surface area contributed by atoms with Gasteiger partial charge in [-0.2, -0.15) is 0 Å². The Labute approximate surface area is 171 Å². The molecule has 0 aliphatic heterocycles. The zero-order chi connectivity index (χ0) is 21.3. The van der Waals surface area contributed by atoms with Gasteiger partial charge in [-0.25, -0.2) is 8.78 Å². The van der Waals surface area contributed by atoms with Gasteiger partial charge in [0.2, 0.25) is 0 Å². The molecule has 0 saturated heterocycles. The fourth-order valence-corrected chi connectivity index (χ4v) is 2.45. The van der Waals surface area contributed by atoms with Crippen LogP contribution in [0.1, 0.15) is 16.1 Å². The largest absolute Gasteiger partial charge is 0.492 e. The highest BCUT2D eigenvalue weighted by molar-refractivity contribution is 6.05. The van der Waals surface area contributed by atoms with E-state index in [1.165, 1.54) is 18.4 Å². The molecular weight excluding hydrogens is 394 g/mol. The summed E-state index contributed by atoms with van der Waals surface area (Å²) in [7, 11) is 0. The summed E-state index contributed by atoms with van der Waals surface area (Å²) in [6, 6.07) is 14.9. The maximum Gasteiger partial charge on any atom is 0.268 e. The molecule has 2 aromatic carbocycles. The van der Waals surface area contributed by atoms with Gasteiger partial charge in [-0.15, -0.1) is 0 Å². The Morgan fingerprint density at radius 1 is 1.00 bits per heavy atom. The van der Waals surface area contributed by atoms with Crippen molar-refractivity contribution in [3.8, 4) is 5.75 Å². The number of halogens is 2. The third-order valence-corrected chi connectivity index (χ3v) is 3.91. The van der Waals surface area contributed by atoms with Crippen LogP contribution in [0.25, 0.3) is 6.08 Å². The van der Waals surface area contributed by atoms with Crippen molar-refractivity contribution in [1.29, 1.82) is 0 Å². The first-order chi connectivity index (χ1) is 14.5. The van der Waals surface area contributed by atoms with Crippen LogP contribution < -0.4 is 15.4 Å². The fraction of sp³-hybridized carbons (Fsp3) is 0.0909. The van der Waals surface area contributed by atoms with Crippen LogP contribution >= 0.6 is 0 Å². The zero-order valence-corrected chi connectivity index (χ0v) is 15.7. The second-order valence-corrected chi connectivity index (χ2v) is 6.07. The van der Waals surface area contributed by atoms with Crippen molar-refractivity contribution >= 4 is 17.9 Å². The van der Waals surface area contributed by atoms with Gasteiger partial charge >= 0.3 is 0 Å². The highest BCUT2D eigenvalue weighted by Crippen LogP contribution is 2.15. The van der Waals surface area contributed by atoms with Crippen LogP contribution in [-0.2, 0) is 4.79 Å². The molecule has 0 unspecified atom stereocenters. The molecule has 0 radical (unpaired) electrons. The number of hydrogen-bond acceptors (Lipinski definition) is 4. The Morgan fingerprint density at radius 2 is 1.80 bits per heavy atom. The molecule has 0 spiro atoms. The average Bonchev–Trinajstić information content (AvgIpc) is 3.27. The number of carbonyl (C=O) groups excluding carboxylic acids is 2. The van der Waals surface area contributed by atoms with E-state index in [1.54, 1.807) is 42.5 Å². The Bertz CT molecular complexity index is 1030. The van der Waals surface area contributed by atoms with Gasteiger partial charge in [0.1, 0.15) is 23.8 Å². The molecule has 6 nitrogen and oxygen atoms in total. The van der Waals surface area contributed by atoms with E-state index in [0.29, 0.717) is 11.3 Å². The summed E-state index contributed by atoms with van der Waals surface area (Å²) in [6.45, 7) is 0.0754. The SMILES string of the molecule is O=C(NCCOc1ccc(F)c(F)c1)/C(=C/c1ccco1)NC(=O)c1ccccc1. The molecule has 0 aliphatic carbocycles. The van der Waals surface area contributed by atoms with Crippen LogP contribution in [0, 0.1) is 11.6 Å². The molecule has 0 saturated carbocycles. The summed E-state index contributed by atoms with van der Waals surface area (Å²) >= 11 is 0. The molecule has 2 N–H and O–H groups in total. The minimum absolute atomic E-state index is 0.0114. The van der Waals surface area contributed by atoms with Gasteiger partial charge in [0, 0.05) is 17.7 Å². The van der Waals surface area contributed by atoms with Gasteiger partial charge in [0.25, 0.3) is 11.8 Å². The van der Waals surface area contributed by atoms with Crippen LogP contribution in [0.4, 0.5) is 8.78 Å². The van der Waals surface area contributed by atoms with Crippen molar-refractivity contribution in [3.05, 3.63) is 95.6 Å². The minimum atomic E-state index is -1.02. The van der Waals surface area contributed by atoms with Gasteiger partial charge in [-0.1, -0.05) is 18.2 Å². The lowest BCUT2D eigenvalue weighted by Crippen LogP contribution is -2.36. The van der Waals surface area contributed by atoms with E-state index in [9.17, 15) is 18.4 Å². The molecule has 30 heavy (non-hydrogen) atoms. The molecule has 0 aliphatic rings. The molecule has 2 amide bonds. The highest BCUT2D eigenvalue weighted by atomic mass is 19.2. The van der Waals surface area contributed by atoms with E-state index in [4.69, 9.17) is 9.15 Å². The molecule has 1 heterocycles. The number of rotatable bonds is 8. The second-order valence-electron chi connectivity index (χ2n) is 6.07. The first kappa shape index (κ1) is 20.8. The maximum absolute atomic E-state index is 13.2. The highest BCUT2D eigenvalue weighted by Gasteiger charge is 2.15. The molecule has 154 valence electrons. The lowest BCUT2D eigenvalue weighted by Gasteiger charge is -2.11. The first-order valence-corrected chi connectivity index (χ1v) is 9.00. The monoisotopic (exact) mass is 412 g/mol. The summed E-state index contributed by atoms with van der Waals surface area (Å²) in [5.41, 5.74) is 0.365. The van der Waals surface area contributed by atoms with E-state index in [0.717, 1.165) is 12.1 Å². The van der Waals surface area contributed by atoms with Crippen molar-refractivity contribution in [2.75, 3.05) is 13.2 Å². The Balaban J connectivity index is 1.60. The second kappa shape index (κ2) is 10.0. The average molecular weight is 412 g/mol. The lowest BCUT2D eigenvalue weighted by molar-refractivity contribution is -0.117. The Kier molecular flexibility index (Phi) is 6.94. The van der Waals surface area contributed by atoms with Gasteiger partial charge in [-0.05, 0) is 36.4 Å². The number of nitrogens with one attached hydrogen (secondary N) is 2. The smallest absolute Gasteiger partial charge is 0.268 e. The number of amides is 2. The van der Waals surface area contributed by atoms with Gasteiger partial charge in [0.05, 0.1) is 12.8 Å². The third-order valence-electron chi connectivity index (χ3n) is 3.91. The normalized spacial score (nSPS) is 11.1. The molecular formula is C22H18F2N2O4. The first-order valence-electron chi connectivity index (χ1n) is 9.00. The number of benzene rings is 2. The van der Waals surface area contributed by atoms with Crippen LogP contribution in [0.15, 0.2) is 77.0 Å². The topological polar surface area (TPSA) is 80.6 Å². The third kappa shape index (κ3) is 5.78. The number of carbonyl (C=O) groups is 2. The van der Waals surface area contributed by atoms with Crippen molar-refractivity contribution < 1.29 is 27.5 Å². The van der Waals surface area contributed by atoms with E-state index in [2.05, 4.69) is 10.6 Å². The Morgan fingerprint density at radius 3 is 2.50 bits per heavy atom. The lowest BCUT2D eigenvalue weighted by atomic mass is 10.2. The van der Waals surface area contributed by atoms with Crippen LogP contribution in [0.2, 0.25) is 0 Å². The maximum atomic E-state index is 13.2. The number of hydrogen-bond donors (Lipinski definition) is 2. The predicted molar refractivity (Wildman–Crippen MR) is 105 cm³/mol. The van der Waals surface area contributed by atoms with E-state index in [-0.39, 0.29) is 24.6 Å². The van der Waals surface area contributed by atoms with Gasteiger partial charge in [0.15, 0.2) is 11.6 Å². The van der Waals surface area contributed by atoms with Gasteiger partial charge < -0.3 is 19.8 Å². The van der Waals surface area contributed by atoms with Gasteiger partial charge in [-0.3, -0.25) is 9.59 Å². The quantitative estimate of drug-likeness (QED) is 0.438. The standard InChI is InChI=1S/C22H18F2N2O4/c23-18-9-8-17(13-19(18)24)30-12-10-25-22(28)20(14-16-7-4-11-29-16)26-21(27)15-5-2-1-3-6-15/h1-9,11,13-14H,10,12H2,(H,25,28)(H,26,27)/b20-14-. The van der Waals surface area contributed by atoms with E-state index >= 15 is 0 Å². The van der Waals surface area contributed by atoms with Crippen molar-refractivity contribution in [3.63, 3.8) is 0 Å². The van der Waals surface area contributed by atoms with Crippen LogP contribution in [-0.4, -0.2) is 25.0 Å². The molecule has 0 fully saturated rings. The van der Waals surface area contributed by atoms with E-state index in [1.807, 2.05) is 0 Å². The molecule has 0 atom stereocenters. The van der Waals surface area contributed by atoms with E-state index < -0.39 is 23.4 Å². The van der Waals surface area contributed by atoms with Crippen molar-refractivity contribution in [1.82, 2.24) is 10.6 Å². The summed E-state index contributed by atoms with van der Waals surface area (Å²) in [5, 5.41) is 5.15. The molecule has 3 aromatic rings. The summed E-state index contributed by atoms with van der Waals surface area (Å²) in [4.78, 5) is 25.0. The summed E-state index contributed by atoms with van der Waals surface area (Å²) < 4.78 is 36.6. The van der Waals surface area contributed by atoms with Crippen LogP contribution in [0.5, 0.6) is 5.75 Å². The molecule has 1 aromatic heterocycles. The molecule has 8 heteroatoms. The van der Waals surface area contributed by atoms with Crippen molar-refractivity contribution in [2.45, 2.75) is 0 Å². The summed E-state index contributed by atoms with van der Waals surface area (Å²) in [6.07, 6.45) is 2.84. The fourth-order valence-electron chi connectivity index (χ4n) is 2.45.